The van der Waals surface area contributed by atoms with E-state index >= 15 is 0 Å². The van der Waals surface area contributed by atoms with Gasteiger partial charge in [-0.05, 0) is 31.2 Å². The maximum Gasteiger partial charge on any atom is 0.421 e. The predicted octanol–water partition coefficient (Wildman–Crippen LogP) is 3.16. The van der Waals surface area contributed by atoms with Gasteiger partial charge in [0.25, 0.3) is 5.91 Å². The molecule has 0 spiro atoms. The lowest BCUT2D eigenvalue weighted by molar-refractivity contribution is -0.149. The summed E-state index contributed by atoms with van der Waals surface area (Å²) in [5.41, 5.74) is -0.925. The second-order valence-corrected chi connectivity index (χ2v) is 5.91. The van der Waals surface area contributed by atoms with E-state index < -0.39 is 29.8 Å². The molecule has 26 heavy (non-hydrogen) atoms. The second kappa shape index (κ2) is 7.23. The van der Waals surface area contributed by atoms with E-state index in [9.17, 15) is 18.0 Å². The summed E-state index contributed by atoms with van der Waals surface area (Å²) in [6.45, 7) is 2.01. The molecule has 3 rings (SSSR count). The minimum Gasteiger partial charge on any atom is -0.481 e. The fourth-order valence-corrected chi connectivity index (χ4v) is 2.56. The summed E-state index contributed by atoms with van der Waals surface area (Å²) in [6.07, 6.45) is -4.53. The van der Waals surface area contributed by atoms with Gasteiger partial charge in [-0.3, -0.25) is 4.79 Å². The zero-order valence-corrected chi connectivity index (χ0v) is 13.9. The number of ether oxygens (including phenoxy) is 2. The number of rotatable bonds is 5. The second-order valence-electron chi connectivity index (χ2n) is 5.91. The molecule has 1 aliphatic heterocycles. The van der Waals surface area contributed by atoms with Gasteiger partial charge in [0.05, 0.1) is 13.1 Å². The van der Waals surface area contributed by atoms with Crippen LogP contribution in [0.5, 0.6) is 11.6 Å². The van der Waals surface area contributed by atoms with Crippen LogP contribution in [-0.2, 0) is 11.0 Å². The van der Waals surface area contributed by atoms with Crippen molar-refractivity contribution in [3.05, 3.63) is 54.2 Å². The molecule has 1 amide bonds. The van der Waals surface area contributed by atoms with E-state index in [0.717, 1.165) is 6.07 Å². The molecule has 0 aliphatic carbocycles. The first-order chi connectivity index (χ1) is 12.3. The maximum atomic E-state index is 12.9. The molecule has 1 saturated heterocycles. The van der Waals surface area contributed by atoms with Gasteiger partial charge in [-0.25, -0.2) is 4.98 Å². The fourth-order valence-electron chi connectivity index (χ4n) is 2.56. The van der Waals surface area contributed by atoms with Gasteiger partial charge in [-0.15, -0.1) is 0 Å². The number of aromatic nitrogens is 1. The molecule has 1 unspecified atom stereocenters. The highest BCUT2D eigenvalue weighted by atomic mass is 19.4. The molecule has 2 aromatic rings. The van der Waals surface area contributed by atoms with Crippen LogP contribution in [0.2, 0.25) is 0 Å². The number of halogens is 3. The Labute approximate surface area is 148 Å². The van der Waals surface area contributed by atoms with E-state index in [-0.39, 0.29) is 19.0 Å². The lowest BCUT2D eigenvalue weighted by Gasteiger charge is -2.40. The molecule has 1 aromatic carbocycles. The molecule has 5 nitrogen and oxygen atoms in total. The minimum absolute atomic E-state index is 0.190. The Morgan fingerprint density at radius 2 is 1.88 bits per heavy atom. The molecule has 138 valence electrons. The molecule has 1 atom stereocenters. The molecular weight excluding hydrogens is 349 g/mol. The van der Waals surface area contributed by atoms with Gasteiger partial charge >= 0.3 is 6.18 Å². The van der Waals surface area contributed by atoms with E-state index in [4.69, 9.17) is 9.47 Å². The fraction of sp³-hybridized carbons (Fsp3) is 0.333. The maximum absolute atomic E-state index is 12.9. The van der Waals surface area contributed by atoms with Crippen LogP contribution >= 0.6 is 0 Å². The average Bonchev–Trinajstić information content (AvgIpc) is 2.57. The van der Waals surface area contributed by atoms with Crippen molar-refractivity contribution in [2.45, 2.75) is 25.3 Å². The highest BCUT2D eigenvalue weighted by Gasteiger charge is 2.39. The SMILES string of the molecule is CC(Oc1ccccc1)C(=O)N1CC(Oc2ncccc2C(F)(F)F)C1. The molecule has 1 aromatic heterocycles. The largest absolute Gasteiger partial charge is 0.481 e. The molecular formula is C18H17F3N2O3. The molecule has 1 fully saturated rings. The first-order valence-electron chi connectivity index (χ1n) is 8.04. The Morgan fingerprint density at radius 1 is 1.19 bits per heavy atom. The summed E-state index contributed by atoms with van der Waals surface area (Å²) >= 11 is 0. The van der Waals surface area contributed by atoms with Crippen molar-refractivity contribution in [3.8, 4) is 11.6 Å². The lowest BCUT2D eigenvalue weighted by Crippen LogP contribution is -2.59. The Kier molecular flexibility index (Phi) is 5.01. The van der Waals surface area contributed by atoms with E-state index in [0.29, 0.717) is 5.75 Å². The summed E-state index contributed by atoms with van der Waals surface area (Å²) in [5.74, 6) is -0.138. The summed E-state index contributed by atoms with van der Waals surface area (Å²) in [4.78, 5) is 17.4. The van der Waals surface area contributed by atoms with Crippen LogP contribution in [0.4, 0.5) is 13.2 Å². The summed E-state index contributed by atoms with van der Waals surface area (Å²) in [5, 5.41) is 0. The summed E-state index contributed by atoms with van der Waals surface area (Å²) in [7, 11) is 0. The third-order valence-corrected chi connectivity index (χ3v) is 3.92. The number of pyridine rings is 1. The van der Waals surface area contributed by atoms with Crippen LogP contribution < -0.4 is 9.47 Å². The summed E-state index contributed by atoms with van der Waals surface area (Å²) in [6, 6.07) is 11.0. The van der Waals surface area contributed by atoms with Crippen LogP contribution in [0.1, 0.15) is 12.5 Å². The third-order valence-electron chi connectivity index (χ3n) is 3.92. The Balaban J connectivity index is 1.54. The van der Waals surface area contributed by atoms with Gasteiger partial charge in [0.2, 0.25) is 5.88 Å². The van der Waals surface area contributed by atoms with Crippen molar-refractivity contribution in [3.63, 3.8) is 0 Å². The smallest absolute Gasteiger partial charge is 0.421 e. The normalized spacial score (nSPS) is 15.9. The molecule has 0 saturated carbocycles. The van der Waals surface area contributed by atoms with Crippen molar-refractivity contribution in [1.29, 1.82) is 0 Å². The Bertz CT molecular complexity index is 762. The van der Waals surface area contributed by atoms with Crippen molar-refractivity contribution >= 4 is 5.91 Å². The van der Waals surface area contributed by atoms with Crippen molar-refractivity contribution in [1.82, 2.24) is 9.88 Å². The number of benzene rings is 1. The lowest BCUT2D eigenvalue weighted by atomic mass is 10.1. The zero-order chi connectivity index (χ0) is 18.7. The predicted molar refractivity (Wildman–Crippen MR) is 86.8 cm³/mol. The van der Waals surface area contributed by atoms with Gasteiger partial charge < -0.3 is 14.4 Å². The quantitative estimate of drug-likeness (QED) is 0.816. The van der Waals surface area contributed by atoms with Crippen LogP contribution in [0.3, 0.4) is 0 Å². The van der Waals surface area contributed by atoms with Crippen molar-refractivity contribution < 1.29 is 27.4 Å². The zero-order valence-electron chi connectivity index (χ0n) is 13.9. The third kappa shape index (κ3) is 4.07. The van der Waals surface area contributed by atoms with Crippen LogP contribution in [0.25, 0.3) is 0 Å². The number of para-hydroxylation sites is 1. The molecule has 8 heteroatoms. The van der Waals surface area contributed by atoms with Crippen LogP contribution in [-0.4, -0.2) is 41.1 Å². The van der Waals surface area contributed by atoms with Gasteiger partial charge in [0, 0.05) is 6.20 Å². The monoisotopic (exact) mass is 366 g/mol. The van der Waals surface area contributed by atoms with E-state index in [1.807, 2.05) is 6.07 Å². The van der Waals surface area contributed by atoms with Crippen molar-refractivity contribution in [2.24, 2.45) is 0 Å². The van der Waals surface area contributed by atoms with Crippen molar-refractivity contribution in [2.75, 3.05) is 13.1 Å². The first kappa shape index (κ1) is 18.0. The topological polar surface area (TPSA) is 51.7 Å². The molecule has 0 bridgehead atoms. The van der Waals surface area contributed by atoms with Crippen LogP contribution in [0.15, 0.2) is 48.7 Å². The average molecular weight is 366 g/mol. The number of hydrogen-bond acceptors (Lipinski definition) is 4. The number of alkyl halides is 3. The standard InChI is InChI=1S/C18H17F3N2O3/c1-12(25-13-6-3-2-4-7-13)17(24)23-10-14(11-23)26-16-15(18(19,20)21)8-5-9-22-16/h2-9,12,14H,10-11H2,1H3. The summed E-state index contributed by atoms with van der Waals surface area (Å²) < 4.78 is 49.7. The van der Waals surface area contributed by atoms with E-state index in [1.54, 1.807) is 31.2 Å². The molecule has 1 aliphatic rings. The molecule has 0 N–H and O–H groups in total. The van der Waals surface area contributed by atoms with E-state index in [1.165, 1.54) is 17.2 Å². The highest BCUT2D eigenvalue weighted by molar-refractivity contribution is 5.81. The van der Waals surface area contributed by atoms with E-state index in [2.05, 4.69) is 4.98 Å². The number of carbonyl (C=O) groups is 1. The minimum atomic E-state index is -4.54. The Morgan fingerprint density at radius 3 is 2.54 bits per heavy atom. The van der Waals surface area contributed by atoms with Gasteiger partial charge in [0.1, 0.15) is 17.4 Å². The molecule has 2 heterocycles. The molecule has 0 radical (unpaired) electrons. The highest BCUT2D eigenvalue weighted by Crippen LogP contribution is 2.35. The number of carbonyl (C=O) groups excluding carboxylic acids is 1. The van der Waals surface area contributed by atoms with Gasteiger partial charge in [-0.2, -0.15) is 13.2 Å². The van der Waals surface area contributed by atoms with Gasteiger partial charge in [0.15, 0.2) is 6.10 Å². The number of likely N-dealkylation sites (tertiary alicyclic amines) is 1. The van der Waals surface area contributed by atoms with Crippen LogP contribution in [0, 0.1) is 0 Å². The number of amides is 1. The van der Waals surface area contributed by atoms with Gasteiger partial charge in [-0.1, -0.05) is 18.2 Å². The Hall–Kier alpha value is -2.77. The first-order valence-corrected chi connectivity index (χ1v) is 8.04. The number of nitrogens with zero attached hydrogens (tertiary/aromatic N) is 2. The number of hydrogen-bond donors (Lipinski definition) is 0.